The molecule has 106 valence electrons. The van der Waals surface area contributed by atoms with Crippen LogP contribution in [0.2, 0.25) is 0 Å². The average molecular weight is 279 g/mol. The van der Waals surface area contributed by atoms with E-state index in [9.17, 15) is 10.1 Å². The van der Waals surface area contributed by atoms with E-state index in [0.29, 0.717) is 11.4 Å². The predicted molar refractivity (Wildman–Crippen MR) is 82.1 cm³/mol. The second kappa shape index (κ2) is 5.53. The maximum atomic E-state index is 11.9. The Hall–Kier alpha value is -2.41. The first-order valence-electron chi connectivity index (χ1n) is 7.27. The Morgan fingerprint density at radius 1 is 1.38 bits per heavy atom. The van der Waals surface area contributed by atoms with Gasteiger partial charge in [0, 0.05) is 11.9 Å². The number of rotatable bonds is 2. The Bertz CT molecular complexity index is 732. The molecule has 0 bridgehead atoms. The zero-order valence-corrected chi connectivity index (χ0v) is 12.0. The zero-order chi connectivity index (χ0) is 14.8. The van der Waals surface area contributed by atoms with Gasteiger partial charge in [-0.2, -0.15) is 5.26 Å². The number of hydrogen-bond donors (Lipinski definition) is 0. The van der Waals surface area contributed by atoms with E-state index in [1.807, 2.05) is 35.2 Å². The van der Waals surface area contributed by atoms with Crippen LogP contribution in [0.1, 0.15) is 31.7 Å². The van der Waals surface area contributed by atoms with Crippen molar-refractivity contribution in [1.29, 1.82) is 5.26 Å². The van der Waals surface area contributed by atoms with Crippen LogP contribution in [0.5, 0.6) is 0 Å². The lowest BCUT2D eigenvalue weighted by atomic mass is 9.98. The maximum absolute atomic E-state index is 11.9. The van der Waals surface area contributed by atoms with Crippen molar-refractivity contribution in [3.63, 3.8) is 0 Å². The average Bonchev–Trinajstić information content (AvgIpc) is 2.53. The van der Waals surface area contributed by atoms with Crippen molar-refractivity contribution in [1.82, 2.24) is 4.98 Å². The molecule has 0 N–H and O–H groups in total. The van der Waals surface area contributed by atoms with E-state index in [1.165, 1.54) is 0 Å². The second-order valence-corrected chi connectivity index (χ2v) is 5.48. The third-order valence-corrected chi connectivity index (χ3v) is 4.07. The summed E-state index contributed by atoms with van der Waals surface area (Å²) in [4.78, 5) is 18.6. The summed E-state index contributed by atoms with van der Waals surface area (Å²) in [5, 5.41) is 10.4. The van der Waals surface area contributed by atoms with Crippen LogP contribution in [-0.4, -0.2) is 23.4 Å². The Morgan fingerprint density at radius 2 is 2.19 bits per heavy atom. The van der Waals surface area contributed by atoms with Crippen LogP contribution >= 0.6 is 0 Å². The first-order valence-corrected chi connectivity index (χ1v) is 7.27. The quantitative estimate of drug-likeness (QED) is 0.847. The molecule has 0 amide bonds. The SMILES string of the molecule is CC(=O)C1CCCCN1c1nc2ccccc2cc1C#N. The van der Waals surface area contributed by atoms with Gasteiger partial charge in [0.1, 0.15) is 11.9 Å². The van der Waals surface area contributed by atoms with Crippen molar-refractivity contribution in [3.05, 3.63) is 35.9 Å². The molecule has 4 heteroatoms. The third kappa shape index (κ3) is 2.47. The fourth-order valence-corrected chi connectivity index (χ4v) is 3.01. The number of hydrogen-bond acceptors (Lipinski definition) is 4. The lowest BCUT2D eigenvalue weighted by molar-refractivity contribution is -0.118. The Balaban J connectivity index is 2.13. The van der Waals surface area contributed by atoms with Crippen molar-refractivity contribution in [2.75, 3.05) is 11.4 Å². The molecule has 2 heterocycles. The van der Waals surface area contributed by atoms with Crippen LogP contribution in [-0.2, 0) is 4.79 Å². The molecule has 1 atom stereocenters. The maximum Gasteiger partial charge on any atom is 0.152 e. The minimum absolute atomic E-state index is 0.147. The number of fused-ring (bicyclic) bond motifs is 1. The van der Waals surface area contributed by atoms with Gasteiger partial charge in [-0.05, 0) is 38.3 Å². The highest BCUT2D eigenvalue weighted by molar-refractivity contribution is 5.87. The van der Waals surface area contributed by atoms with E-state index in [4.69, 9.17) is 0 Å². The molecule has 1 fully saturated rings. The molecule has 1 aromatic heterocycles. The van der Waals surface area contributed by atoms with Gasteiger partial charge in [0.15, 0.2) is 5.78 Å². The molecular formula is C17H17N3O. The summed E-state index contributed by atoms with van der Waals surface area (Å²) < 4.78 is 0. The normalized spacial score (nSPS) is 18.5. The number of carbonyl (C=O) groups excluding carboxylic acids is 1. The van der Waals surface area contributed by atoms with Crippen LogP contribution in [0.15, 0.2) is 30.3 Å². The lowest BCUT2D eigenvalue weighted by Gasteiger charge is -2.35. The highest BCUT2D eigenvalue weighted by atomic mass is 16.1. The fourth-order valence-electron chi connectivity index (χ4n) is 3.01. The third-order valence-electron chi connectivity index (χ3n) is 4.07. The van der Waals surface area contributed by atoms with Crippen LogP contribution in [0.4, 0.5) is 5.82 Å². The molecule has 1 unspecified atom stereocenters. The van der Waals surface area contributed by atoms with Crippen molar-refractivity contribution in [2.45, 2.75) is 32.2 Å². The summed E-state index contributed by atoms with van der Waals surface area (Å²) >= 11 is 0. The van der Waals surface area contributed by atoms with Gasteiger partial charge in [0.25, 0.3) is 0 Å². The number of pyridine rings is 1. The highest BCUT2D eigenvalue weighted by Crippen LogP contribution is 2.29. The second-order valence-electron chi connectivity index (χ2n) is 5.48. The topological polar surface area (TPSA) is 57.0 Å². The summed E-state index contributed by atoms with van der Waals surface area (Å²) in [6.45, 7) is 2.40. The van der Waals surface area contributed by atoms with E-state index in [2.05, 4.69) is 11.1 Å². The smallest absolute Gasteiger partial charge is 0.152 e. The number of anilines is 1. The van der Waals surface area contributed by atoms with Crippen LogP contribution < -0.4 is 4.90 Å². The number of para-hydroxylation sites is 1. The van der Waals surface area contributed by atoms with Gasteiger partial charge in [-0.15, -0.1) is 0 Å². The number of piperidine rings is 1. The minimum Gasteiger partial charge on any atom is -0.345 e. The molecule has 21 heavy (non-hydrogen) atoms. The summed E-state index contributed by atoms with van der Waals surface area (Å²) in [7, 11) is 0. The molecular weight excluding hydrogens is 262 g/mol. The van der Waals surface area contributed by atoms with Gasteiger partial charge < -0.3 is 4.90 Å². The summed E-state index contributed by atoms with van der Waals surface area (Å²) in [5.74, 6) is 0.796. The lowest BCUT2D eigenvalue weighted by Crippen LogP contribution is -2.44. The molecule has 3 rings (SSSR count). The number of nitrogens with zero attached hydrogens (tertiary/aromatic N) is 3. The van der Waals surface area contributed by atoms with Crippen LogP contribution in [0.25, 0.3) is 10.9 Å². The highest BCUT2D eigenvalue weighted by Gasteiger charge is 2.28. The van der Waals surface area contributed by atoms with Crippen LogP contribution in [0.3, 0.4) is 0 Å². The van der Waals surface area contributed by atoms with Gasteiger partial charge in [-0.25, -0.2) is 4.98 Å². The monoisotopic (exact) mass is 279 g/mol. The minimum atomic E-state index is -0.153. The van der Waals surface area contributed by atoms with Gasteiger partial charge in [0.2, 0.25) is 0 Å². The van der Waals surface area contributed by atoms with Gasteiger partial charge in [-0.1, -0.05) is 18.2 Å². The largest absolute Gasteiger partial charge is 0.345 e. The number of nitriles is 1. The first-order chi connectivity index (χ1) is 10.2. The standard InChI is InChI=1S/C17H17N3O/c1-12(21)16-8-4-5-9-20(16)17-14(11-18)10-13-6-2-3-7-15(13)19-17/h2-3,6-7,10,16H,4-5,8-9H2,1H3. The van der Waals surface area contributed by atoms with Crippen molar-refractivity contribution >= 4 is 22.5 Å². The van der Waals surface area contributed by atoms with E-state index in [0.717, 1.165) is 36.7 Å². The molecule has 4 nitrogen and oxygen atoms in total. The van der Waals surface area contributed by atoms with E-state index < -0.39 is 0 Å². The summed E-state index contributed by atoms with van der Waals surface area (Å²) in [5.41, 5.74) is 1.40. The molecule has 0 spiro atoms. The number of aromatic nitrogens is 1. The Labute approximate surface area is 124 Å². The molecule has 1 aliphatic rings. The molecule has 1 saturated heterocycles. The van der Waals surface area contributed by atoms with Gasteiger partial charge >= 0.3 is 0 Å². The molecule has 0 aliphatic carbocycles. The number of carbonyl (C=O) groups is 1. The number of ketones is 1. The van der Waals surface area contributed by atoms with Crippen LogP contribution in [0, 0.1) is 11.3 Å². The molecule has 0 radical (unpaired) electrons. The Morgan fingerprint density at radius 3 is 2.95 bits per heavy atom. The zero-order valence-electron chi connectivity index (χ0n) is 12.0. The van der Waals surface area contributed by atoms with Crippen molar-refractivity contribution in [2.24, 2.45) is 0 Å². The first kappa shape index (κ1) is 13.6. The fraction of sp³-hybridized carbons (Fsp3) is 0.353. The van der Waals surface area contributed by atoms with Crippen molar-refractivity contribution < 1.29 is 4.79 Å². The van der Waals surface area contributed by atoms with E-state index in [1.54, 1.807) is 6.92 Å². The number of benzene rings is 1. The van der Waals surface area contributed by atoms with Crippen molar-refractivity contribution in [3.8, 4) is 6.07 Å². The van der Waals surface area contributed by atoms with E-state index in [-0.39, 0.29) is 11.8 Å². The van der Waals surface area contributed by atoms with Gasteiger partial charge in [-0.3, -0.25) is 4.79 Å². The Kier molecular flexibility index (Phi) is 3.57. The van der Waals surface area contributed by atoms with E-state index >= 15 is 0 Å². The molecule has 1 aliphatic heterocycles. The number of Topliss-reactive ketones (excluding diaryl/α,β-unsaturated/α-hetero) is 1. The summed E-state index contributed by atoms with van der Waals surface area (Å²) in [6.07, 6.45) is 2.92. The van der Waals surface area contributed by atoms with Gasteiger partial charge in [0.05, 0.1) is 17.1 Å². The molecule has 0 saturated carbocycles. The molecule has 1 aromatic carbocycles. The molecule has 2 aromatic rings. The predicted octanol–water partition coefficient (Wildman–Crippen LogP) is 3.05. The summed E-state index contributed by atoms with van der Waals surface area (Å²) in [6, 6.07) is 11.7.